The fourth-order valence-electron chi connectivity index (χ4n) is 4.15. The van der Waals surface area contributed by atoms with Crippen LogP contribution in [0.4, 0.5) is 4.79 Å². The summed E-state index contributed by atoms with van der Waals surface area (Å²) in [5, 5.41) is 0. The number of nitrogens with zero attached hydrogens (tertiary/aromatic N) is 3. The van der Waals surface area contributed by atoms with Gasteiger partial charge in [0, 0.05) is 26.2 Å². The number of hydrogen-bond acceptors (Lipinski definition) is 3. The lowest BCUT2D eigenvalue weighted by atomic mass is 9.93. The molecular formula is C23H25N3O3. The fourth-order valence-corrected chi connectivity index (χ4v) is 4.15. The summed E-state index contributed by atoms with van der Waals surface area (Å²) in [7, 11) is 5.07. The minimum atomic E-state index is -0.472. The molecule has 0 bridgehead atoms. The zero-order chi connectivity index (χ0) is 20.7. The Balaban J connectivity index is 1.73. The van der Waals surface area contributed by atoms with Crippen LogP contribution in [0.15, 0.2) is 59.8 Å². The second-order valence-electron chi connectivity index (χ2n) is 7.60. The van der Waals surface area contributed by atoms with Gasteiger partial charge in [0.25, 0.3) is 5.91 Å². The predicted molar refractivity (Wildman–Crippen MR) is 110 cm³/mol. The highest BCUT2D eigenvalue weighted by Gasteiger charge is 2.46. The lowest BCUT2D eigenvalue weighted by molar-refractivity contribution is -0.126. The van der Waals surface area contributed by atoms with Gasteiger partial charge < -0.3 is 14.5 Å². The molecule has 2 aliphatic heterocycles. The van der Waals surface area contributed by atoms with Gasteiger partial charge in [0.2, 0.25) is 0 Å². The first kappa shape index (κ1) is 19.1. The van der Waals surface area contributed by atoms with E-state index in [1.807, 2.05) is 55.5 Å². The number of rotatable bonds is 4. The SMILES string of the molecule is COc1ccccc1C1C2=C(CN(Cc3ccc(C)cc3)C2=O)N(C)C(=O)N1C. The van der Waals surface area contributed by atoms with E-state index in [0.29, 0.717) is 24.4 Å². The molecule has 1 unspecified atom stereocenters. The Morgan fingerprint density at radius 1 is 1.03 bits per heavy atom. The second-order valence-corrected chi connectivity index (χ2v) is 7.60. The lowest BCUT2D eigenvalue weighted by Crippen LogP contribution is -2.46. The molecule has 0 radical (unpaired) electrons. The average molecular weight is 391 g/mol. The molecule has 2 aromatic carbocycles. The Hall–Kier alpha value is -3.28. The Morgan fingerprint density at radius 2 is 1.72 bits per heavy atom. The van der Waals surface area contributed by atoms with E-state index in [1.165, 1.54) is 5.56 Å². The van der Waals surface area contributed by atoms with Crippen molar-refractivity contribution in [1.82, 2.24) is 14.7 Å². The predicted octanol–water partition coefficient (Wildman–Crippen LogP) is 3.34. The molecule has 29 heavy (non-hydrogen) atoms. The van der Waals surface area contributed by atoms with Crippen LogP contribution in [0.1, 0.15) is 22.7 Å². The van der Waals surface area contributed by atoms with Crippen LogP contribution in [0, 0.1) is 6.92 Å². The standard InChI is InChI=1S/C23H25N3O3/c1-15-9-11-16(12-10-15)13-26-14-18-20(22(26)27)21(25(3)23(28)24(18)2)17-7-5-6-8-19(17)29-4/h5-12,21H,13-14H2,1-4H3. The van der Waals surface area contributed by atoms with E-state index in [2.05, 4.69) is 0 Å². The molecular weight excluding hydrogens is 366 g/mol. The summed E-state index contributed by atoms with van der Waals surface area (Å²) in [5.74, 6) is 0.626. The number of likely N-dealkylation sites (N-methyl/N-ethyl adjacent to an activating group) is 2. The van der Waals surface area contributed by atoms with Gasteiger partial charge in [-0.15, -0.1) is 0 Å². The summed E-state index contributed by atoms with van der Waals surface area (Å²) in [5.41, 5.74) is 4.48. The van der Waals surface area contributed by atoms with Gasteiger partial charge in [0.05, 0.1) is 31.0 Å². The van der Waals surface area contributed by atoms with Crippen molar-refractivity contribution in [2.24, 2.45) is 0 Å². The molecule has 4 rings (SSSR count). The number of ether oxygens (including phenoxy) is 1. The van der Waals surface area contributed by atoms with Gasteiger partial charge in [-0.3, -0.25) is 9.69 Å². The van der Waals surface area contributed by atoms with Crippen molar-refractivity contribution in [3.63, 3.8) is 0 Å². The first-order valence-electron chi connectivity index (χ1n) is 9.63. The molecule has 0 saturated carbocycles. The van der Waals surface area contributed by atoms with Crippen molar-refractivity contribution in [2.45, 2.75) is 19.5 Å². The molecule has 6 heteroatoms. The molecule has 0 saturated heterocycles. The van der Waals surface area contributed by atoms with Gasteiger partial charge in [-0.05, 0) is 18.6 Å². The molecule has 0 spiro atoms. The van der Waals surface area contributed by atoms with Crippen molar-refractivity contribution in [3.05, 3.63) is 76.5 Å². The van der Waals surface area contributed by atoms with E-state index in [0.717, 1.165) is 16.8 Å². The maximum Gasteiger partial charge on any atom is 0.324 e. The van der Waals surface area contributed by atoms with Crippen LogP contribution in [0.5, 0.6) is 5.75 Å². The number of urea groups is 1. The van der Waals surface area contributed by atoms with Crippen LogP contribution in [-0.2, 0) is 11.3 Å². The number of amides is 3. The first-order valence-corrected chi connectivity index (χ1v) is 9.63. The summed E-state index contributed by atoms with van der Waals surface area (Å²) in [6, 6.07) is 15.1. The molecule has 0 aromatic heterocycles. The number of carbonyl (C=O) groups excluding carboxylic acids is 2. The van der Waals surface area contributed by atoms with Gasteiger partial charge in [0.1, 0.15) is 5.75 Å². The summed E-state index contributed by atoms with van der Waals surface area (Å²) in [4.78, 5) is 31.4. The molecule has 2 aliphatic rings. The van der Waals surface area contributed by atoms with Crippen molar-refractivity contribution < 1.29 is 14.3 Å². The maximum atomic E-state index is 13.5. The number of carbonyl (C=O) groups is 2. The Morgan fingerprint density at radius 3 is 2.41 bits per heavy atom. The third-order valence-electron chi connectivity index (χ3n) is 5.75. The number of methoxy groups -OCH3 is 1. The maximum absolute atomic E-state index is 13.5. The molecule has 3 amide bonds. The van der Waals surface area contributed by atoms with Crippen LogP contribution in [0.3, 0.4) is 0 Å². The summed E-state index contributed by atoms with van der Waals surface area (Å²) in [6.07, 6.45) is 0. The van der Waals surface area contributed by atoms with E-state index in [1.54, 1.807) is 35.9 Å². The van der Waals surface area contributed by atoms with Gasteiger partial charge in [0.15, 0.2) is 0 Å². The van der Waals surface area contributed by atoms with Gasteiger partial charge in [-0.2, -0.15) is 0 Å². The molecule has 2 heterocycles. The Labute approximate surface area is 171 Å². The number of benzene rings is 2. The van der Waals surface area contributed by atoms with Crippen molar-refractivity contribution in [3.8, 4) is 5.75 Å². The van der Waals surface area contributed by atoms with Gasteiger partial charge in [-0.25, -0.2) is 4.79 Å². The molecule has 0 aliphatic carbocycles. The molecule has 6 nitrogen and oxygen atoms in total. The first-order chi connectivity index (χ1) is 13.9. The molecule has 1 atom stereocenters. The van der Waals surface area contributed by atoms with Crippen LogP contribution in [-0.4, -0.2) is 54.4 Å². The third-order valence-corrected chi connectivity index (χ3v) is 5.75. The lowest BCUT2D eigenvalue weighted by Gasteiger charge is -2.38. The number of hydrogen-bond donors (Lipinski definition) is 0. The van der Waals surface area contributed by atoms with Crippen LogP contribution in [0.2, 0.25) is 0 Å². The van der Waals surface area contributed by atoms with E-state index in [9.17, 15) is 9.59 Å². The Bertz CT molecular complexity index is 997. The fraction of sp³-hybridized carbons (Fsp3) is 0.304. The van der Waals surface area contributed by atoms with Gasteiger partial charge >= 0.3 is 6.03 Å². The topological polar surface area (TPSA) is 53.1 Å². The van der Waals surface area contributed by atoms with E-state index in [-0.39, 0.29) is 11.9 Å². The minimum Gasteiger partial charge on any atom is -0.496 e. The normalized spacial score (nSPS) is 19.2. The summed E-state index contributed by atoms with van der Waals surface area (Å²) in [6.45, 7) is 2.97. The minimum absolute atomic E-state index is 0.0392. The molecule has 0 fully saturated rings. The van der Waals surface area contributed by atoms with E-state index >= 15 is 0 Å². The average Bonchev–Trinajstić information content (AvgIpc) is 3.05. The highest BCUT2D eigenvalue weighted by molar-refractivity contribution is 6.01. The van der Waals surface area contributed by atoms with E-state index in [4.69, 9.17) is 4.74 Å². The summed E-state index contributed by atoms with van der Waals surface area (Å²) >= 11 is 0. The largest absolute Gasteiger partial charge is 0.496 e. The smallest absolute Gasteiger partial charge is 0.324 e. The zero-order valence-electron chi connectivity index (χ0n) is 17.2. The van der Waals surface area contributed by atoms with Crippen LogP contribution >= 0.6 is 0 Å². The monoisotopic (exact) mass is 391 g/mol. The highest BCUT2D eigenvalue weighted by Crippen LogP contribution is 2.43. The molecule has 150 valence electrons. The molecule has 0 N–H and O–H groups in total. The van der Waals surface area contributed by atoms with Crippen molar-refractivity contribution in [1.29, 1.82) is 0 Å². The molecule has 2 aromatic rings. The number of para-hydroxylation sites is 1. The quantitative estimate of drug-likeness (QED) is 0.803. The Kier molecular flexibility index (Phi) is 4.78. The van der Waals surface area contributed by atoms with Gasteiger partial charge in [-0.1, -0.05) is 48.0 Å². The summed E-state index contributed by atoms with van der Waals surface area (Å²) < 4.78 is 5.53. The van der Waals surface area contributed by atoms with Crippen LogP contribution < -0.4 is 4.74 Å². The third kappa shape index (κ3) is 3.14. The van der Waals surface area contributed by atoms with Crippen LogP contribution in [0.25, 0.3) is 0 Å². The van der Waals surface area contributed by atoms with Crippen molar-refractivity contribution in [2.75, 3.05) is 27.7 Å². The highest BCUT2D eigenvalue weighted by atomic mass is 16.5. The van der Waals surface area contributed by atoms with Crippen molar-refractivity contribution >= 4 is 11.9 Å². The van der Waals surface area contributed by atoms with E-state index < -0.39 is 6.04 Å². The second kappa shape index (κ2) is 7.28. The number of aryl methyl sites for hydroxylation is 1. The zero-order valence-corrected chi connectivity index (χ0v) is 17.2.